The zero-order chi connectivity index (χ0) is 17.5. The number of aromatic nitrogens is 2. The zero-order valence-electron chi connectivity index (χ0n) is 15.7. The van der Waals surface area contributed by atoms with Gasteiger partial charge in [-0.05, 0) is 97.9 Å². The predicted molar refractivity (Wildman–Crippen MR) is 107 cm³/mol. The van der Waals surface area contributed by atoms with E-state index in [1.807, 2.05) is 6.33 Å². The highest BCUT2D eigenvalue weighted by Crippen LogP contribution is 2.44. The van der Waals surface area contributed by atoms with Crippen LogP contribution in [0.5, 0.6) is 0 Å². The maximum absolute atomic E-state index is 4.40. The smallest absolute Gasteiger partial charge is 0.0992 e. The minimum absolute atomic E-state index is 0.765. The van der Waals surface area contributed by atoms with Gasteiger partial charge in [-0.15, -0.1) is 0 Å². The van der Waals surface area contributed by atoms with E-state index in [4.69, 9.17) is 0 Å². The second kappa shape index (κ2) is 6.57. The Balaban J connectivity index is 1.34. The molecule has 2 aliphatic carbocycles. The summed E-state index contributed by atoms with van der Waals surface area (Å²) in [6.45, 7) is 2.27. The Morgan fingerprint density at radius 1 is 0.923 bits per heavy atom. The molecular formula is C24H28N2. The van der Waals surface area contributed by atoms with E-state index in [0.717, 1.165) is 17.8 Å². The van der Waals surface area contributed by atoms with Gasteiger partial charge in [0.1, 0.15) is 0 Å². The number of hydrogen-bond acceptors (Lipinski definition) is 1. The highest BCUT2D eigenvalue weighted by molar-refractivity contribution is 5.58. The van der Waals surface area contributed by atoms with E-state index in [2.05, 4.69) is 59.0 Å². The van der Waals surface area contributed by atoms with Crippen molar-refractivity contribution in [1.29, 1.82) is 0 Å². The summed E-state index contributed by atoms with van der Waals surface area (Å²) in [5.41, 5.74) is 7.60. The lowest BCUT2D eigenvalue weighted by atomic mass is 9.75. The fourth-order valence-corrected chi connectivity index (χ4v) is 5.08. The third-order valence-electron chi connectivity index (χ3n) is 6.72. The van der Waals surface area contributed by atoms with Gasteiger partial charge < -0.3 is 4.40 Å². The van der Waals surface area contributed by atoms with Crippen LogP contribution in [-0.2, 0) is 6.42 Å². The standard InChI is InChI=1S/C24H28N2/c1-17-4-2-3-5-21(17)19-8-6-18(7-9-19)14-23-22(20-10-11-20)12-13-26-16-25-15-24(23)26/h2-5,12-13,15-16,18-20H,6-11,14H2,1H3. The van der Waals surface area contributed by atoms with Crippen LogP contribution in [0.25, 0.3) is 5.52 Å². The van der Waals surface area contributed by atoms with Crippen LogP contribution in [0.3, 0.4) is 0 Å². The van der Waals surface area contributed by atoms with E-state index in [-0.39, 0.29) is 0 Å². The van der Waals surface area contributed by atoms with E-state index < -0.39 is 0 Å². The molecule has 0 spiro atoms. The molecule has 2 aromatic heterocycles. The van der Waals surface area contributed by atoms with Crippen LogP contribution in [-0.4, -0.2) is 9.38 Å². The number of fused-ring (bicyclic) bond motifs is 1. The number of aryl methyl sites for hydroxylation is 1. The van der Waals surface area contributed by atoms with Gasteiger partial charge in [0.2, 0.25) is 0 Å². The molecule has 3 aromatic rings. The van der Waals surface area contributed by atoms with Crippen LogP contribution in [0, 0.1) is 12.8 Å². The maximum Gasteiger partial charge on any atom is 0.0992 e. The van der Waals surface area contributed by atoms with Gasteiger partial charge in [0, 0.05) is 6.20 Å². The largest absolute Gasteiger partial charge is 0.306 e. The second-order valence-corrected chi connectivity index (χ2v) is 8.49. The lowest BCUT2D eigenvalue weighted by Crippen LogP contribution is -2.17. The Kier molecular flexibility index (Phi) is 4.07. The maximum atomic E-state index is 4.40. The molecule has 2 heteroatoms. The van der Waals surface area contributed by atoms with Gasteiger partial charge in [-0.25, -0.2) is 4.98 Å². The van der Waals surface area contributed by atoms with Crippen LogP contribution in [0.15, 0.2) is 49.1 Å². The topological polar surface area (TPSA) is 17.3 Å². The highest BCUT2D eigenvalue weighted by atomic mass is 15.0. The van der Waals surface area contributed by atoms with Gasteiger partial charge in [0.25, 0.3) is 0 Å². The van der Waals surface area contributed by atoms with Gasteiger partial charge in [-0.3, -0.25) is 0 Å². The van der Waals surface area contributed by atoms with Crippen molar-refractivity contribution in [3.05, 3.63) is 71.3 Å². The summed E-state index contributed by atoms with van der Waals surface area (Å²) in [5, 5.41) is 0. The molecule has 2 heterocycles. The molecule has 5 rings (SSSR count). The van der Waals surface area contributed by atoms with Crippen molar-refractivity contribution in [1.82, 2.24) is 9.38 Å². The zero-order valence-corrected chi connectivity index (χ0v) is 15.7. The van der Waals surface area contributed by atoms with Crippen molar-refractivity contribution >= 4 is 5.52 Å². The molecule has 1 aromatic carbocycles. The van der Waals surface area contributed by atoms with Crippen molar-refractivity contribution in [2.75, 3.05) is 0 Å². The third kappa shape index (κ3) is 2.96. The lowest BCUT2D eigenvalue weighted by molar-refractivity contribution is 0.324. The Morgan fingerprint density at radius 3 is 2.42 bits per heavy atom. The van der Waals surface area contributed by atoms with Gasteiger partial charge in [-0.1, -0.05) is 24.3 Å². The van der Waals surface area contributed by atoms with Crippen molar-refractivity contribution in [2.45, 2.75) is 63.7 Å². The fourth-order valence-electron chi connectivity index (χ4n) is 5.08. The molecule has 0 amide bonds. The molecule has 134 valence electrons. The van der Waals surface area contributed by atoms with Crippen LogP contribution in [0.2, 0.25) is 0 Å². The number of pyridine rings is 1. The summed E-state index contributed by atoms with van der Waals surface area (Å²) >= 11 is 0. The molecule has 0 radical (unpaired) electrons. The Morgan fingerprint density at radius 2 is 1.65 bits per heavy atom. The molecule has 2 aliphatic rings. The average Bonchev–Trinajstić information content (AvgIpc) is 3.39. The first-order chi connectivity index (χ1) is 12.8. The number of hydrogen-bond donors (Lipinski definition) is 0. The lowest BCUT2D eigenvalue weighted by Gasteiger charge is -2.30. The number of nitrogens with zero attached hydrogens (tertiary/aromatic N) is 2. The van der Waals surface area contributed by atoms with Gasteiger partial charge in [0.05, 0.1) is 18.0 Å². The first-order valence-electron chi connectivity index (χ1n) is 10.3. The van der Waals surface area contributed by atoms with Crippen molar-refractivity contribution in [3.8, 4) is 0 Å². The summed E-state index contributed by atoms with van der Waals surface area (Å²) in [7, 11) is 0. The monoisotopic (exact) mass is 344 g/mol. The normalized spacial score (nSPS) is 23.4. The molecule has 2 fully saturated rings. The molecule has 0 saturated heterocycles. The molecule has 0 N–H and O–H groups in total. The van der Waals surface area contributed by atoms with Crippen LogP contribution in [0.4, 0.5) is 0 Å². The molecule has 0 bridgehead atoms. The Labute approximate surface area is 156 Å². The van der Waals surface area contributed by atoms with Crippen molar-refractivity contribution < 1.29 is 0 Å². The highest BCUT2D eigenvalue weighted by Gasteiger charge is 2.29. The van der Waals surface area contributed by atoms with E-state index in [9.17, 15) is 0 Å². The van der Waals surface area contributed by atoms with Gasteiger partial charge in [0.15, 0.2) is 0 Å². The number of rotatable bonds is 4. The SMILES string of the molecule is Cc1ccccc1C1CCC(Cc2c(C3CC3)ccn3cncc23)CC1. The van der Waals surface area contributed by atoms with Crippen LogP contribution >= 0.6 is 0 Å². The van der Waals surface area contributed by atoms with Crippen molar-refractivity contribution in [2.24, 2.45) is 5.92 Å². The van der Waals surface area contributed by atoms with E-state index in [0.29, 0.717) is 0 Å². The predicted octanol–water partition coefficient (Wildman–Crippen LogP) is 6.04. The average molecular weight is 345 g/mol. The molecule has 2 nitrogen and oxygen atoms in total. The fraction of sp³-hybridized carbons (Fsp3) is 0.458. The number of benzene rings is 1. The van der Waals surface area contributed by atoms with Gasteiger partial charge in [-0.2, -0.15) is 0 Å². The molecule has 2 saturated carbocycles. The molecule has 0 aliphatic heterocycles. The molecule has 0 atom stereocenters. The summed E-state index contributed by atoms with van der Waals surface area (Å²) in [6.07, 6.45) is 15.6. The van der Waals surface area contributed by atoms with Crippen molar-refractivity contribution in [3.63, 3.8) is 0 Å². The minimum atomic E-state index is 0.765. The first-order valence-corrected chi connectivity index (χ1v) is 10.3. The van der Waals surface area contributed by atoms with E-state index in [1.165, 1.54) is 56.0 Å². The van der Waals surface area contributed by atoms with Gasteiger partial charge >= 0.3 is 0 Å². The van der Waals surface area contributed by atoms with E-state index >= 15 is 0 Å². The molecule has 0 unspecified atom stereocenters. The summed E-state index contributed by atoms with van der Waals surface area (Å²) in [4.78, 5) is 4.40. The molecular weight excluding hydrogens is 316 g/mol. The summed E-state index contributed by atoms with van der Waals surface area (Å²) in [5.74, 6) is 2.41. The summed E-state index contributed by atoms with van der Waals surface area (Å²) in [6, 6.07) is 11.3. The quantitative estimate of drug-likeness (QED) is 0.564. The minimum Gasteiger partial charge on any atom is -0.306 e. The number of imidazole rings is 1. The van der Waals surface area contributed by atoms with Crippen LogP contribution < -0.4 is 0 Å². The third-order valence-corrected chi connectivity index (χ3v) is 6.72. The van der Waals surface area contributed by atoms with E-state index in [1.54, 1.807) is 16.7 Å². The summed E-state index contributed by atoms with van der Waals surface area (Å²) < 4.78 is 2.21. The molecule has 26 heavy (non-hydrogen) atoms. The Hall–Kier alpha value is -2.09. The van der Waals surface area contributed by atoms with Crippen LogP contribution in [0.1, 0.15) is 72.6 Å². The Bertz CT molecular complexity index is 911. The second-order valence-electron chi connectivity index (χ2n) is 8.49. The first kappa shape index (κ1) is 16.1.